The Morgan fingerprint density at radius 3 is 2.24 bits per heavy atom. The predicted molar refractivity (Wildman–Crippen MR) is 158 cm³/mol. The quantitative estimate of drug-likeness (QED) is 0.231. The minimum Gasteiger partial charge on any atom is -0.497 e. The van der Waals surface area contributed by atoms with Crippen LogP contribution >= 0.6 is 0 Å². The van der Waals surface area contributed by atoms with E-state index < -0.39 is 0 Å². The summed E-state index contributed by atoms with van der Waals surface area (Å²) in [6.07, 6.45) is 1.77. The standard InChI is InChI=1S/C35H23NO2/c1-37-26-13-11-22(12-14-26)28-18-24-19-35-23(15-16-38-35)17-29(24)30-20-32-27-9-5-6-10-33(27)36(34(32)21-31(28)30)25-7-3-2-4-8-25/h2-21H,1H3. The molecule has 0 saturated heterocycles. The third kappa shape index (κ3) is 3.02. The molecule has 0 spiro atoms. The average molecular weight is 490 g/mol. The van der Waals surface area contributed by atoms with Crippen LogP contribution in [0.3, 0.4) is 0 Å². The van der Waals surface area contributed by atoms with Gasteiger partial charge >= 0.3 is 0 Å². The fraction of sp³-hybridized carbons (Fsp3) is 0.0286. The number of fused-ring (bicyclic) bond motifs is 7. The molecule has 0 amide bonds. The second-order valence-electron chi connectivity index (χ2n) is 9.79. The van der Waals surface area contributed by atoms with Crippen molar-refractivity contribution in [2.75, 3.05) is 7.11 Å². The lowest BCUT2D eigenvalue weighted by Gasteiger charge is -2.14. The number of hydrogen-bond donors (Lipinski definition) is 0. The summed E-state index contributed by atoms with van der Waals surface area (Å²) >= 11 is 0. The van der Waals surface area contributed by atoms with Crippen LogP contribution in [-0.4, -0.2) is 11.7 Å². The molecule has 38 heavy (non-hydrogen) atoms. The molecule has 0 N–H and O–H groups in total. The van der Waals surface area contributed by atoms with E-state index in [-0.39, 0.29) is 0 Å². The Kier molecular flexibility index (Phi) is 4.44. The van der Waals surface area contributed by atoms with E-state index in [1.807, 2.05) is 18.2 Å². The van der Waals surface area contributed by atoms with Crippen LogP contribution in [0.2, 0.25) is 0 Å². The Labute approximate surface area is 219 Å². The van der Waals surface area contributed by atoms with Crippen LogP contribution in [0, 0.1) is 0 Å². The fourth-order valence-corrected chi connectivity index (χ4v) is 5.94. The summed E-state index contributed by atoms with van der Waals surface area (Å²) in [5, 5.41) is 8.46. The molecule has 0 aliphatic carbocycles. The summed E-state index contributed by atoms with van der Waals surface area (Å²) in [5.41, 5.74) is 6.80. The SMILES string of the molecule is COc1ccc(-c2cc3cc4occc4cc3c3cc4c5ccccc5n(-c5ccccc5)c4cc23)cc1. The highest BCUT2D eigenvalue weighted by molar-refractivity contribution is 6.22. The summed E-state index contributed by atoms with van der Waals surface area (Å²) < 4.78 is 13.6. The van der Waals surface area contributed by atoms with Gasteiger partial charge in [-0.1, -0.05) is 48.5 Å². The van der Waals surface area contributed by atoms with Gasteiger partial charge in [0.2, 0.25) is 0 Å². The molecule has 0 saturated carbocycles. The van der Waals surface area contributed by atoms with E-state index in [1.54, 1.807) is 13.4 Å². The Morgan fingerprint density at radius 1 is 0.579 bits per heavy atom. The van der Waals surface area contributed by atoms with E-state index in [4.69, 9.17) is 9.15 Å². The molecule has 8 aromatic rings. The molecule has 3 heteroatoms. The molecule has 0 fully saturated rings. The van der Waals surface area contributed by atoms with Gasteiger partial charge in [-0.25, -0.2) is 0 Å². The molecule has 0 aliphatic heterocycles. The van der Waals surface area contributed by atoms with E-state index in [0.29, 0.717) is 0 Å². The lowest BCUT2D eigenvalue weighted by Crippen LogP contribution is -1.93. The summed E-state index contributed by atoms with van der Waals surface area (Å²) in [4.78, 5) is 0. The molecule has 0 unspecified atom stereocenters. The molecule has 6 aromatic carbocycles. The first-order valence-corrected chi connectivity index (χ1v) is 12.8. The maximum atomic E-state index is 5.77. The van der Waals surface area contributed by atoms with Crippen molar-refractivity contribution in [3.8, 4) is 22.6 Å². The van der Waals surface area contributed by atoms with Gasteiger partial charge in [-0.05, 0) is 99.4 Å². The van der Waals surface area contributed by atoms with E-state index >= 15 is 0 Å². The van der Waals surface area contributed by atoms with E-state index in [1.165, 1.54) is 43.5 Å². The molecule has 2 aromatic heterocycles. The van der Waals surface area contributed by atoms with Gasteiger partial charge in [-0.3, -0.25) is 0 Å². The first-order chi connectivity index (χ1) is 18.8. The average Bonchev–Trinajstić information content (AvgIpc) is 3.57. The number of nitrogens with zero attached hydrogens (tertiary/aromatic N) is 1. The van der Waals surface area contributed by atoms with Crippen LogP contribution in [0.25, 0.3) is 71.1 Å². The second kappa shape index (κ2) is 7.99. The first-order valence-electron chi connectivity index (χ1n) is 12.8. The number of para-hydroxylation sites is 2. The number of aromatic nitrogens is 1. The van der Waals surface area contributed by atoms with Gasteiger partial charge < -0.3 is 13.7 Å². The van der Waals surface area contributed by atoms with Crippen LogP contribution in [0.15, 0.2) is 126 Å². The number of ether oxygens (including phenoxy) is 1. The Balaban J connectivity index is 1.57. The largest absolute Gasteiger partial charge is 0.497 e. The van der Waals surface area contributed by atoms with Crippen LogP contribution in [-0.2, 0) is 0 Å². The van der Waals surface area contributed by atoms with Crippen molar-refractivity contribution in [3.05, 3.63) is 122 Å². The van der Waals surface area contributed by atoms with Gasteiger partial charge in [0.25, 0.3) is 0 Å². The van der Waals surface area contributed by atoms with Crippen LogP contribution in [0.5, 0.6) is 5.75 Å². The Bertz CT molecular complexity index is 2150. The number of benzene rings is 6. The third-order valence-corrected chi connectivity index (χ3v) is 7.73. The minimum atomic E-state index is 0.850. The fourth-order valence-electron chi connectivity index (χ4n) is 5.94. The maximum Gasteiger partial charge on any atom is 0.134 e. The van der Waals surface area contributed by atoms with Crippen molar-refractivity contribution in [1.29, 1.82) is 0 Å². The summed E-state index contributed by atoms with van der Waals surface area (Å²) in [6.45, 7) is 0. The molecule has 0 aliphatic rings. The van der Waals surface area contributed by atoms with E-state index in [9.17, 15) is 0 Å². The highest BCUT2D eigenvalue weighted by atomic mass is 16.5. The topological polar surface area (TPSA) is 27.3 Å². The molecular weight excluding hydrogens is 466 g/mol. The lowest BCUT2D eigenvalue weighted by atomic mass is 9.91. The number of hydrogen-bond acceptors (Lipinski definition) is 2. The first kappa shape index (κ1) is 21.1. The van der Waals surface area contributed by atoms with Crippen LogP contribution in [0.1, 0.15) is 0 Å². The molecule has 0 radical (unpaired) electrons. The van der Waals surface area contributed by atoms with Crippen molar-refractivity contribution in [1.82, 2.24) is 4.57 Å². The molecule has 180 valence electrons. The molecular formula is C35H23NO2. The van der Waals surface area contributed by atoms with Gasteiger partial charge in [-0.15, -0.1) is 0 Å². The van der Waals surface area contributed by atoms with Crippen molar-refractivity contribution in [2.24, 2.45) is 0 Å². The summed E-state index contributed by atoms with van der Waals surface area (Å²) in [6, 6.07) is 41.2. The second-order valence-corrected chi connectivity index (χ2v) is 9.79. The minimum absolute atomic E-state index is 0.850. The molecule has 2 heterocycles. The Morgan fingerprint density at radius 2 is 1.39 bits per heavy atom. The molecule has 0 bridgehead atoms. The van der Waals surface area contributed by atoms with Crippen molar-refractivity contribution >= 4 is 54.3 Å². The normalized spacial score (nSPS) is 11.8. The number of rotatable bonds is 3. The zero-order chi connectivity index (χ0) is 25.2. The highest BCUT2D eigenvalue weighted by Gasteiger charge is 2.17. The smallest absolute Gasteiger partial charge is 0.134 e. The predicted octanol–water partition coefficient (Wildman–Crippen LogP) is 9.51. The number of methoxy groups -OCH3 is 1. The Hall–Kier alpha value is -5.02. The maximum absolute atomic E-state index is 5.77. The lowest BCUT2D eigenvalue weighted by molar-refractivity contribution is 0.415. The molecule has 8 rings (SSSR count). The summed E-state index contributed by atoms with van der Waals surface area (Å²) in [5.74, 6) is 0.850. The van der Waals surface area contributed by atoms with E-state index in [2.05, 4.69) is 102 Å². The molecule has 3 nitrogen and oxygen atoms in total. The van der Waals surface area contributed by atoms with Crippen molar-refractivity contribution in [3.63, 3.8) is 0 Å². The van der Waals surface area contributed by atoms with Crippen molar-refractivity contribution in [2.45, 2.75) is 0 Å². The number of furan rings is 1. The van der Waals surface area contributed by atoms with Crippen molar-refractivity contribution < 1.29 is 9.15 Å². The van der Waals surface area contributed by atoms with Gasteiger partial charge in [0.05, 0.1) is 24.4 Å². The van der Waals surface area contributed by atoms with Gasteiger partial charge in [0.15, 0.2) is 0 Å². The zero-order valence-electron chi connectivity index (χ0n) is 20.8. The van der Waals surface area contributed by atoms with E-state index in [0.717, 1.165) is 33.4 Å². The highest BCUT2D eigenvalue weighted by Crippen LogP contribution is 2.42. The van der Waals surface area contributed by atoms with Crippen LogP contribution < -0.4 is 4.74 Å². The van der Waals surface area contributed by atoms with Gasteiger partial charge in [-0.2, -0.15) is 0 Å². The third-order valence-electron chi connectivity index (χ3n) is 7.73. The monoisotopic (exact) mass is 489 g/mol. The van der Waals surface area contributed by atoms with Gasteiger partial charge in [0.1, 0.15) is 11.3 Å². The summed E-state index contributed by atoms with van der Waals surface area (Å²) in [7, 11) is 1.70. The van der Waals surface area contributed by atoms with Crippen LogP contribution in [0.4, 0.5) is 0 Å². The van der Waals surface area contributed by atoms with Gasteiger partial charge in [0, 0.05) is 21.8 Å². The molecule has 0 atom stereocenters. The zero-order valence-corrected chi connectivity index (χ0v) is 20.8.